The number of likely N-dealkylation sites (tertiary alicyclic amines) is 1. The lowest BCUT2D eigenvalue weighted by Gasteiger charge is -2.39. The Hall–Kier alpha value is -0.610. The van der Waals surface area contributed by atoms with Crippen molar-refractivity contribution in [1.29, 1.82) is 0 Å². The molecule has 1 amide bonds. The summed E-state index contributed by atoms with van der Waals surface area (Å²) in [6, 6.07) is 0.420. The first-order chi connectivity index (χ1) is 9.63. The van der Waals surface area contributed by atoms with Crippen LogP contribution in [0.4, 0.5) is 0 Å². The lowest BCUT2D eigenvalue weighted by atomic mass is 9.93. The first-order valence-electron chi connectivity index (χ1n) is 8.36. The maximum atomic E-state index is 12.8. The zero-order chi connectivity index (χ0) is 14.5. The number of carbonyl (C=O) groups is 1. The van der Waals surface area contributed by atoms with Crippen LogP contribution in [0.15, 0.2) is 0 Å². The fraction of sp³-hybridized carbons (Fsp3) is 0.938. The first-order valence-corrected chi connectivity index (χ1v) is 8.36. The normalized spacial score (nSPS) is 24.6. The summed E-state index contributed by atoms with van der Waals surface area (Å²) in [6.45, 7) is 6.64. The van der Waals surface area contributed by atoms with Crippen LogP contribution in [0.25, 0.3) is 0 Å². The number of amides is 1. The second-order valence-corrected chi connectivity index (χ2v) is 6.36. The molecule has 1 N–H and O–H groups in total. The molecule has 1 atom stereocenters. The average Bonchev–Trinajstić information content (AvgIpc) is 2.49. The van der Waals surface area contributed by atoms with Gasteiger partial charge in [-0.3, -0.25) is 9.69 Å². The average molecular weight is 282 g/mol. The zero-order valence-corrected chi connectivity index (χ0v) is 13.1. The minimum Gasteiger partial charge on any atom is -0.393 e. The van der Waals surface area contributed by atoms with Gasteiger partial charge >= 0.3 is 0 Å². The molecule has 2 aliphatic rings. The van der Waals surface area contributed by atoms with E-state index in [0.29, 0.717) is 6.04 Å². The second kappa shape index (κ2) is 7.41. The van der Waals surface area contributed by atoms with Gasteiger partial charge in [0.15, 0.2) is 0 Å². The molecule has 0 bridgehead atoms. The minimum absolute atomic E-state index is 0.0376. The van der Waals surface area contributed by atoms with Crippen molar-refractivity contribution in [3.63, 3.8) is 0 Å². The Kier molecular flexibility index (Phi) is 5.85. The van der Waals surface area contributed by atoms with Crippen LogP contribution in [0, 0.1) is 0 Å². The van der Waals surface area contributed by atoms with Crippen molar-refractivity contribution >= 4 is 5.91 Å². The summed E-state index contributed by atoms with van der Waals surface area (Å²) in [7, 11) is 0. The third kappa shape index (κ3) is 3.73. The standard InChI is InChI=1S/C16H30N2O2/c1-3-18(14-7-5-4-6-8-14)16(20)13(2)17-11-9-15(19)10-12-17/h13-15,19H,3-12H2,1-2H3. The van der Waals surface area contributed by atoms with E-state index in [1.165, 1.54) is 32.1 Å². The number of rotatable bonds is 4. The van der Waals surface area contributed by atoms with Crippen LogP contribution in [0.3, 0.4) is 0 Å². The van der Waals surface area contributed by atoms with E-state index in [1.807, 2.05) is 6.92 Å². The molecule has 4 nitrogen and oxygen atoms in total. The number of nitrogens with zero attached hydrogens (tertiary/aromatic N) is 2. The van der Waals surface area contributed by atoms with Crippen molar-refractivity contribution < 1.29 is 9.90 Å². The Morgan fingerprint density at radius 2 is 1.80 bits per heavy atom. The van der Waals surface area contributed by atoms with Gasteiger partial charge in [-0.15, -0.1) is 0 Å². The lowest BCUT2D eigenvalue weighted by Crippen LogP contribution is -2.53. The minimum atomic E-state index is -0.172. The molecule has 0 aromatic carbocycles. The van der Waals surface area contributed by atoms with E-state index >= 15 is 0 Å². The lowest BCUT2D eigenvalue weighted by molar-refractivity contribution is -0.140. The molecule has 4 heteroatoms. The molecule has 1 heterocycles. The van der Waals surface area contributed by atoms with Gasteiger partial charge in [-0.1, -0.05) is 19.3 Å². The molecule has 1 saturated carbocycles. The maximum Gasteiger partial charge on any atom is 0.239 e. The molecule has 2 rings (SSSR count). The second-order valence-electron chi connectivity index (χ2n) is 6.36. The van der Waals surface area contributed by atoms with Crippen LogP contribution in [0.2, 0.25) is 0 Å². The van der Waals surface area contributed by atoms with Crippen LogP contribution >= 0.6 is 0 Å². The van der Waals surface area contributed by atoms with Crippen LogP contribution in [-0.4, -0.2) is 58.6 Å². The van der Waals surface area contributed by atoms with Gasteiger partial charge in [0.25, 0.3) is 0 Å². The molecule has 1 saturated heterocycles. The molecular weight excluding hydrogens is 252 g/mol. The molecule has 2 fully saturated rings. The number of hydrogen-bond acceptors (Lipinski definition) is 3. The van der Waals surface area contributed by atoms with E-state index in [4.69, 9.17) is 0 Å². The number of hydrogen-bond donors (Lipinski definition) is 1. The van der Waals surface area contributed by atoms with Gasteiger partial charge in [0.1, 0.15) is 0 Å². The molecule has 1 unspecified atom stereocenters. The summed E-state index contributed by atoms with van der Waals surface area (Å²) < 4.78 is 0. The van der Waals surface area contributed by atoms with Crippen molar-refractivity contribution in [2.24, 2.45) is 0 Å². The summed E-state index contributed by atoms with van der Waals surface area (Å²) in [6.07, 6.45) is 7.62. The molecule has 1 aliphatic heterocycles. The van der Waals surface area contributed by atoms with E-state index in [1.54, 1.807) is 0 Å². The molecule has 0 radical (unpaired) electrons. The Balaban J connectivity index is 1.93. The van der Waals surface area contributed by atoms with E-state index in [-0.39, 0.29) is 18.1 Å². The predicted octanol–water partition coefficient (Wildman–Crippen LogP) is 2.01. The molecule has 20 heavy (non-hydrogen) atoms. The summed E-state index contributed by atoms with van der Waals surface area (Å²) >= 11 is 0. The van der Waals surface area contributed by atoms with E-state index in [0.717, 1.165) is 32.5 Å². The molecular formula is C16H30N2O2. The fourth-order valence-corrected chi connectivity index (χ4v) is 3.66. The highest BCUT2D eigenvalue weighted by molar-refractivity contribution is 5.81. The van der Waals surface area contributed by atoms with Crippen LogP contribution in [0.1, 0.15) is 58.8 Å². The van der Waals surface area contributed by atoms with Gasteiger partial charge in [0.2, 0.25) is 5.91 Å². The largest absolute Gasteiger partial charge is 0.393 e. The van der Waals surface area contributed by atoms with Gasteiger partial charge in [-0.05, 0) is 39.5 Å². The number of aliphatic hydroxyl groups excluding tert-OH is 1. The molecule has 116 valence electrons. The topological polar surface area (TPSA) is 43.8 Å². The molecule has 0 aromatic heterocycles. The molecule has 0 aromatic rings. The van der Waals surface area contributed by atoms with Gasteiger partial charge in [0, 0.05) is 25.7 Å². The fourth-order valence-electron chi connectivity index (χ4n) is 3.66. The van der Waals surface area contributed by atoms with Crippen LogP contribution < -0.4 is 0 Å². The summed E-state index contributed by atoms with van der Waals surface area (Å²) in [5.41, 5.74) is 0. The van der Waals surface area contributed by atoms with Crippen molar-refractivity contribution in [3.05, 3.63) is 0 Å². The van der Waals surface area contributed by atoms with Crippen molar-refractivity contribution in [1.82, 2.24) is 9.80 Å². The van der Waals surface area contributed by atoms with E-state index < -0.39 is 0 Å². The third-order valence-electron chi connectivity index (χ3n) is 5.04. The molecule has 0 spiro atoms. The summed E-state index contributed by atoms with van der Waals surface area (Å²) in [4.78, 5) is 17.1. The van der Waals surface area contributed by atoms with E-state index in [9.17, 15) is 9.90 Å². The molecule has 1 aliphatic carbocycles. The smallest absolute Gasteiger partial charge is 0.239 e. The van der Waals surface area contributed by atoms with Gasteiger partial charge in [-0.2, -0.15) is 0 Å². The highest BCUT2D eigenvalue weighted by Gasteiger charge is 2.31. The SMILES string of the molecule is CCN(C(=O)C(C)N1CCC(O)CC1)C1CCCCC1. The third-order valence-corrected chi connectivity index (χ3v) is 5.04. The number of carbonyl (C=O) groups excluding carboxylic acids is 1. The number of piperidine rings is 1. The Morgan fingerprint density at radius 3 is 2.35 bits per heavy atom. The summed E-state index contributed by atoms with van der Waals surface area (Å²) in [5, 5.41) is 9.58. The number of likely N-dealkylation sites (N-methyl/N-ethyl adjacent to an activating group) is 1. The first kappa shape index (κ1) is 15.8. The monoisotopic (exact) mass is 282 g/mol. The highest BCUT2D eigenvalue weighted by Crippen LogP contribution is 2.24. The Labute approximate surface area is 123 Å². The maximum absolute atomic E-state index is 12.8. The van der Waals surface area contributed by atoms with Crippen LogP contribution in [0.5, 0.6) is 0 Å². The quantitative estimate of drug-likeness (QED) is 0.858. The van der Waals surface area contributed by atoms with Crippen molar-refractivity contribution in [3.8, 4) is 0 Å². The van der Waals surface area contributed by atoms with Crippen molar-refractivity contribution in [2.75, 3.05) is 19.6 Å². The Bertz CT molecular complexity index is 308. The van der Waals surface area contributed by atoms with Crippen molar-refractivity contribution in [2.45, 2.75) is 77.0 Å². The zero-order valence-electron chi connectivity index (χ0n) is 13.1. The Morgan fingerprint density at radius 1 is 1.20 bits per heavy atom. The highest BCUT2D eigenvalue weighted by atomic mass is 16.3. The predicted molar refractivity (Wildman–Crippen MR) is 80.5 cm³/mol. The summed E-state index contributed by atoms with van der Waals surface area (Å²) in [5.74, 6) is 0.288. The van der Waals surface area contributed by atoms with E-state index in [2.05, 4.69) is 16.7 Å². The van der Waals surface area contributed by atoms with Crippen LogP contribution in [-0.2, 0) is 4.79 Å². The van der Waals surface area contributed by atoms with Gasteiger partial charge in [0.05, 0.1) is 12.1 Å². The van der Waals surface area contributed by atoms with Gasteiger partial charge in [-0.25, -0.2) is 0 Å². The number of aliphatic hydroxyl groups is 1. The van der Waals surface area contributed by atoms with Gasteiger partial charge < -0.3 is 10.0 Å².